The van der Waals surface area contributed by atoms with E-state index in [0.717, 1.165) is 27.7 Å². The van der Waals surface area contributed by atoms with Crippen LogP contribution in [0, 0.1) is 0 Å². The third kappa shape index (κ3) is 1.88. The summed E-state index contributed by atoms with van der Waals surface area (Å²) < 4.78 is 2.96. The summed E-state index contributed by atoms with van der Waals surface area (Å²) in [5.41, 5.74) is 9.99. The SMILES string of the molecule is Nc1c(Br)cnc2ccn(Cc3ccccc3)c12. The molecular formula is C14H12BrN3. The Morgan fingerprint density at radius 1 is 1.17 bits per heavy atom. The van der Waals surface area contributed by atoms with E-state index in [1.807, 2.05) is 30.5 Å². The van der Waals surface area contributed by atoms with Crippen LogP contribution in [0.2, 0.25) is 0 Å². The second-order valence-electron chi connectivity index (χ2n) is 4.18. The fraction of sp³-hybridized carbons (Fsp3) is 0.0714. The molecule has 3 aromatic rings. The predicted octanol–water partition coefficient (Wildman–Crippen LogP) is 3.43. The van der Waals surface area contributed by atoms with Gasteiger partial charge in [-0.2, -0.15) is 0 Å². The maximum atomic E-state index is 6.11. The zero-order valence-corrected chi connectivity index (χ0v) is 11.3. The molecular weight excluding hydrogens is 290 g/mol. The topological polar surface area (TPSA) is 43.8 Å². The molecule has 2 aromatic heterocycles. The molecule has 0 radical (unpaired) electrons. The summed E-state index contributed by atoms with van der Waals surface area (Å²) in [6.07, 6.45) is 3.76. The van der Waals surface area contributed by atoms with Crippen LogP contribution in [0.25, 0.3) is 11.0 Å². The molecule has 0 spiro atoms. The van der Waals surface area contributed by atoms with Gasteiger partial charge in [0.25, 0.3) is 0 Å². The van der Waals surface area contributed by atoms with Gasteiger partial charge in [-0.25, -0.2) is 0 Å². The number of anilines is 1. The molecule has 2 heterocycles. The molecule has 3 nitrogen and oxygen atoms in total. The van der Waals surface area contributed by atoms with Gasteiger partial charge >= 0.3 is 0 Å². The van der Waals surface area contributed by atoms with Gasteiger partial charge < -0.3 is 10.3 Å². The Morgan fingerprint density at radius 2 is 1.94 bits per heavy atom. The van der Waals surface area contributed by atoms with Crippen molar-refractivity contribution in [1.29, 1.82) is 0 Å². The number of pyridine rings is 1. The number of hydrogen-bond acceptors (Lipinski definition) is 2. The zero-order chi connectivity index (χ0) is 12.5. The fourth-order valence-corrected chi connectivity index (χ4v) is 2.37. The van der Waals surface area contributed by atoms with Crippen molar-refractivity contribution in [3.05, 3.63) is 58.8 Å². The predicted molar refractivity (Wildman–Crippen MR) is 77.4 cm³/mol. The highest BCUT2D eigenvalue weighted by atomic mass is 79.9. The maximum Gasteiger partial charge on any atom is 0.0916 e. The molecule has 0 aliphatic carbocycles. The van der Waals surface area contributed by atoms with Crippen molar-refractivity contribution >= 4 is 32.7 Å². The summed E-state index contributed by atoms with van der Waals surface area (Å²) in [7, 11) is 0. The summed E-state index contributed by atoms with van der Waals surface area (Å²) >= 11 is 3.42. The minimum absolute atomic E-state index is 0.737. The first-order valence-corrected chi connectivity index (χ1v) is 6.48. The quantitative estimate of drug-likeness (QED) is 0.788. The van der Waals surface area contributed by atoms with Crippen LogP contribution in [0.5, 0.6) is 0 Å². The van der Waals surface area contributed by atoms with E-state index < -0.39 is 0 Å². The summed E-state index contributed by atoms with van der Waals surface area (Å²) in [5, 5.41) is 0. The number of rotatable bonds is 2. The number of nitrogens with two attached hydrogens (primary N) is 1. The van der Waals surface area contributed by atoms with E-state index in [2.05, 4.69) is 37.6 Å². The second kappa shape index (κ2) is 4.46. The number of fused-ring (bicyclic) bond motifs is 1. The molecule has 18 heavy (non-hydrogen) atoms. The van der Waals surface area contributed by atoms with E-state index in [0.29, 0.717) is 0 Å². The van der Waals surface area contributed by atoms with Gasteiger partial charge in [0.05, 0.1) is 21.2 Å². The molecule has 0 aliphatic rings. The zero-order valence-electron chi connectivity index (χ0n) is 9.68. The number of hydrogen-bond donors (Lipinski definition) is 1. The van der Waals surface area contributed by atoms with Crippen molar-refractivity contribution in [3.8, 4) is 0 Å². The number of aromatic nitrogens is 2. The highest BCUT2D eigenvalue weighted by Gasteiger charge is 2.09. The van der Waals surface area contributed by atoms with Crippen LogP contribution < -0.4 is 5.73 Å². The van der Waals surface area contributed by atoms with Gasteiger partial charge in [-0.1, -0.05) is 30.3 Å². The number of benzene rings is 1. The third-order valence-corrected chi connectivity index (χ3v) is 3.60. The molecule has 0 saturated carbocycles. The van der Waals surface area contributed by atoms with E-state index in [1.54, 1.807) is 6.20 Å². The summed E-state index contributed by atoms with van der Waals surface area (Å²) in [6, 6.07) is 12.3. The van der Waals surface area contributed by atoms with E-state index in [4.69, 9.17) is 5.73 Å². The number of nitrogens with zero attached hydrogens (tertiary/aromatic N) is 2. The number of nitrogen functional groups attached to an aromatic ring is 1. The van der Waals surface area contributed by atoms with Crippen molar-refractivity contribution in [2.24, 2.45) is 0 Å². The minimum atomic E-state index is 0.737. The first-order chi connectivity index (χ1) is 8.75. The van der Waals surface area contributed by atoms with Gasteiger partial charge in [0.2, 0.25) is 0 Å². The van der Waals surface area contributed by atoms with Gasteiger partial charge in [-0.15, -0.1) is 0 Å². The molecule has 4 heteroatoms. The molecule has 3 rings (SSSR count). The standard InChI is InChI=1S/C14H12BrN3/c15-11-8-17-12-6-7-18(14(12)13(11)16)9-10-4-2-1-3-5-10/h1-8H,9H2,(H2,16,17). The van der Waals surface area contributed by atoms with Gasteiger partial charge in [0.1, 0.15) is 0 Å². The van der Waals surface area contributed by atoms with Crippen LogP contribution in [0.4, 0.5) is 5.69 Å². The molecule has 90 valence electrons. The van der Waals surface area contributed by atoms with E-state index >= 15 is 0 Å². The lowest BCUT2D eigenvalue weighted by Crippen LogP contribution is -2.01. The van der Waals surface area contributed by atoms with Crippen LogP contribution in [-0.2, 0) is 6.54 Å². The fourth-order valence-electron chi connectivity index (χ4n) is 2.08. The largest absolute Gasteiger partial charge is 0.396 e. The van der Waals surface area contributed by atoms with Gasteiger partial charge in [-0.05, 0) is 27.6 Å². The molecule has 0 atom stereocenters. The Balaban J connectivity index is 2.10. The monoisotopic (exact) mass is 301 g/mol. The van der Waals surface area contributed by atoms with Crippen molar-refractivity contribution < 1.29 is 0 Å². The van der Waals surface area contributed by atoms with Crippen LogP contribution in [0.15, 0.2) is 53.3 Å². The molecule has 0 aliphatic heterocycles. The molecule has 0 fully saturated rings. The van der Waals surface area contributed by atoms with Crippen molar-refractivity contribution in [3.63, 3.8) is 0 Å². The highest BCUT2D eigenvalue weighted by Crippen LogP contribution is 2.28. The molecule has 0 amide bonds. The minimum Gasteiger partial charge on any atom is -0.396 e. The van der Waals surface area contributed by atoms with E-state index in [9.17, 15) is 0 Å². The molecule has 0 unspecified atom stereocenters. The van der Waals surface area contributed by atoms with Crippen molar-refractivity contribution in [2.75, 3.05) is 5.73 Å². The lowest BCUT2D eigenvalue weighted by Gasteiger charge is -2.08. The van der Waals surface area contributed by atoms with Crippen LogP contribution in [0.1, 0.15) is 5.56 Å². The van der Waals surface area contributed by atoms with Crippen LogP contribution >= 0.6 is 15.9 Å². The highest BCUT2D eigenvalue weighted by molar-refractivity contribution is 9.10. The summed E-state index contributed by atoms with van der Waals surface area (Å²) in [5.74, 6) is 0. The van der Waals surface area contributed by atoms with Gasteiger partial charge in [0, 0.05) is 18.9 Å². The van der Waals surface area contributed by atoms with Gasteiger partial charge in [-0.3, -0.25) is 4.98 Å². The van der Waals surface area contributed by atoms with Crippen molar-refractivity contribution in [2.45, 2.75) is 6.54 Å². The van der Waals surface area contributed by atoms with E-state index in [-0.39, 0.29) is 0 Å². The van der Waals surface area contributed by atoms with Gasteiger partial charge in [0.15, 0.2) is 0 Å². The lowest BCUT2D eigenvalue weighted by atomic mass is 10.2. The van der Waals surface area contributed by atoms with Crippen LogP contribution in [-0.4, -0.2) is 9.55 Å². The molecule has 1 aromatic carbocycles. The second-order valence-corrected chi connectivity index (χ2v) is 5.04. The normalized spacial score (nSPS) is 10.9. The molecule has 0 bridgehead atoms. The molecule has 0 saturated heterocycles. The Labute approximate surface area is 113 Å². The smallest absolute Gasteiger partial charge is 0.0916 e. The number of halogens is 1. The third-order valence-electron chi connectivity index (χ3n) is 2.97. The maximum absolute atomic E-state index is 6.11. The summed E-state index contributed by atoms with van der Waals surface area (Å²) in [4.78, 5) is 4.36. The molecule has 2 N–H and O–H groups in total. The lowest BCUT2D eigenvalue weighted by molar-refractivity contribution is 0.837. The average molecular weight is 302 g/mol. The van der Waals surface area contributed by atoms with Crippen LogP contribution in [0.3, 0.4) is 0 Å². The Kier molecular flexibility index (Phi) is 2.80. The van der Waals surface area contributed by atoms with E-state index in [1.165, 1.54) is 5.56 Å². The first-order valence-electron chi connectivity index (χ1n) is 5.68. The summed E-state index contributed by atoms with van der Waals surface area (Å²) in [6.45, 7) is 0.798. The van der Waals surface area contributed by atoms with Crippen molar-refractivity contribution in [1.82, 2.24) is 9.55 Å². The Bertz CT molecular complexity index is 689. The first kappa shape index (κ1) is 11.3. The Hall–Kier alpha value is -1.81. The Morgan fingerprint density at radius 3 is 2.72 bits per heavy atom. The average Bonchev–Trinajstić information content (AvgIpc) is 2.79.